The second-order valence-electron chi connectivity index (χ2n) is 16.1. The van der Waals surface area contributed by atoms with Crippen molar-refractivity contribution in [2.75, 3.05) is 0 Å². The third kappa shape index (κ3) is 5.80. The van der Waals surface area contributed by atoms with E-state index >= 15 is 0 Å². The van der Waals surface area contributed by atoms with E-state index in [1.54, 1.807) is 11.3 Å². The molecule has 0 amide bonds. The number of nitrogens with zero attached hydrogens (tertiary/aromatic N) is 5. The van der Waals surface area contributed by atoms with Crippen molar-refractivity contribution in [3.05, 3.63) is 212 Å². The predicted octanol–water partition coefficient (Wildman–Crippen LogP) is 15.1. The van der Waals surface area contributed by atoms with E-state index in [1.165, 1.54) is 48.1 Å². The van der Waals surface area contributed by atoms with Gasteiger partial charge in [-0.25, -0.2) is 15.0 Å². The Morgan fingerprint density at radius 2 is 0.937 bits per heavy atom. The Hall–Kier alpha value is -8.19. The molecule has 0 radical (unpaired) electrons. The maximum Gasteiger partial charge on any atom is 0.162 e. The van der Waals surface area contributed by atoms with Gasteiger partial charge in [0.15, 0.2) is 5.82 Å². The fraction of sp³-hybridized carbons (Fsp3) is 0. The van der Waals surface area contributed by atoms with Crippen LogP contribution in [0.2, 0.25) is 0 Å². The quantitative estimate of drug-likeness (QED) is 0.168. The average molecular weight is 822 g/mol. The first-order chi connectivity index (χ1) is 31.2. The number of para-hydroxylation sites is 2. The molecule has 294 valence electrons. The van der Waals surface area contributed by atoms with E-state index < -0.39 is 0 Å². The highest BCUT2D eigenvalue weighted by Crippen LogP contribution is 2.40. The maximum absolute atomic E-state index is 5.24. The summed E-state index contributed by atoms with van der Waals surface area (Å²) in [5.74, 6) is 1.52. The van der Waals surface area contributed by atoms with Gasteiger partial charge < -0.3 is 4.57 Å². The lowest BCUT2D eigenvalue weighted by molar-refractivity contribution is 1.05. The Balaban J connectivity index is 0.937. The van der Waals surface area contributed by atoms with Crippen LogP contribution in [0, 0.1) is 0 Å². The van der Waals surface area contributed by atoms with Gasteiger partial charge in [-0.05, 0) is 71.3 Å². The monoisotopic (exact) mass is 821 g/mol. The Kier molecular flexibility index (Phi) is 8.01. The molecule has 0 aliphatic carbocycles. The molecule has 13 rings (SSSR count). The zero-order chi connectivity index (χ0) is 41.4. The molecule has 63 heavy (non-hydrogen) atoms. The highest BCUT2D eigenvalue weighted by atomic mass is 32.1. The smallest absolute Gasteiger partial charge is 0.162 e. The number of benzene rings is 8. The number of hydrogen-bond donors (Lipinski definition) is 0. The van der Waals surface area contributed by atoms with Gasteiger partial charge in [-0.1, -0.05) is 146 Å². The molecule has 13 aromatic rings. The van der Waals surface area contributed by atoms with Crippen LogP contribution in [0.5, 0.6) is 0 Å². The summed E-state index contributed by atoms with van der Waals surface area (Å²) < 4.78 is 5.96. The van der Waals surface area contributed by atoms with Crippen molar-refractivity contribution in [3.63, 3.8) is 0 Å². The van der Waals surface area contributed by atoms with Gasteiger partial charge in [-0.15, -0.1) is 11.3 Å². The Labute approximate surface area is 366 Å². The van der Waals surface area contributed by atoms with Gasteiger partial charge in [0.2, 0.25) is 0 Å². The fourth-order valence-electron chi connectivity index (χ4n) is 9.42. The molecule has 0 atom stereocenters. The fourth-order valence-corrected chi connectivity index (χ4v) is 10.4. The van der Waals surface area contributed by atoms with Gasteiger partial charge in [0, 0.05) is 71.7 Å². The minimum Gasteiger partial charge on any atom is -0.309 e. The zero-order valence-electron chi connectivity index (χ0n) is 33.9. The van der Waals surface area contributed by atoms with Gasteiger partial charge in [0.1, 0.15) is 10.6 Å². The summed E-state index contributed by atoms with van der Waals surface area (Å²) in [6.07, 6.45) is 2.01. The topological polar surface area (TPSA) is 48.5 Å². The van der Waals surface area contributed by atoms with Crippen molar-refractivity contribution in [3.8, 4) is 56.4 Å². The molecular formula is C57H35N5S. The molecule has 5 aromatic heterocycles. The van der Waals surface area contributed by atoms with E-state index in [-0.39, 0.29) is 0 Å². The van der Waals surface area contributed by atoms with E-state index in [0.29, 0.717) is 5.82 Å². The molecule has 0 aliphatic heterocycles. The molecule has 0 spiro atoms. The number of thiophene rings is 1. The molecule has 0 aliphatic rings. The second kappa shape index (κ2) is 14.2. The van der Waals surface area contributed by atoms with E-state index in [4.69, 9.17) is 15.0 Å². The van der Waals surface area contributed by atoms with Crippen LogP contribution in [-0.4, -0.2) is 24.1 Å². The van der Waals surface area contributed by atoms with E-state index in [9.17, 15) is 0 Å². The van der Waals surface area contributed by atoms with Crippen LogP contribution in [0.4, 0.5) is 0 Å². The molecule has 6 heteroatoms. The first kappa shape index (κ1) is 35.6. The van der Waals surface area contributed by atoms with Crippen molar-refractivity contribution >= 4 is 75.3 Å². The van der Waals surface area contributed by atoms with E-state index in [0.717, 1.165) is 66.4 Å². The van der Waals surface area contributed by atoms with Crippen LogP contribution >= 0.6 is 11.3 Å². The summed E-state index contributed by atoms with van der Waals surface area (Å²) in [7, 11) is 0. The predicted molar refractivity (Wildman–Crippen MR) is 263 cm³/mol. The molecule has 5 nitrogen and oxygen atoms in total. The minimum absolute atomic E-state index is 0.693. The van der Waals surface area contributed by atoms with Gasteiger partial charge in [0.05, 0.1) is 27.8 Å². The first-order valence-corrected chi connectivity index (χ1v) is 22.0. The summed E-state index contributed by atoms with van der Waals surface area (Å²) in [6, 6.07) is 73.6. The highest BCUT2D eigenvalue weighted by molar-refractivity contribution is 7.25. The molecule has 0 saturated carbocycles. The van der Waals surface area contributed by atoms with Gasteiger partial charge in [0.25, 0.3) is 0 Å². The Bertz CT molecular complexity index is 3840. The number of pyridine rings is 1. The van der Waals surface area contributed by atoms with Gasteiger partial charge in [-0.2, -0.15) is 0 Å². The summed E-state index contributed by atoms with van der Waals surface area (Å²) in [5, 5.41) is 7.27. The standard InChI is InChI=1S/C57H35N5S/c1-3-13-37(14-4-1)49-34-55(60-56(59-49)38-15-5-2-6-16-38)62-51-21-11-8-18-44(51)47-31-39(26-30-52(47)62)40-25-29-45-43-17-7-10-20-50(43)61(53(45)33-40)42-27-23-36(24-28-42)41-32-48-46-19-9-12-22-54(46)63-57(48)58-35-41/h1-35H. The lowest BCUT2D eigenvalue weighted by atomic mass is 10.0. The lowest BCUT2D eigenvalue weighted by Crippen LogP contribution is -2.02. The third-order valence-corrected chi connectivity index (χ3v) is 13.5. The van der Waals surface area contributed by atoms with E-state index in [2.05, 4.69) is 191 Å². The zero-order valence-corrected chi connectivity index (χ0v) is 34.7. The van der Waals surface area contributed by atoms with Gasteiger partial charge in [-0.3, -0.25) is 4.57 Å². The summed E-state index contributed by atoms with van der Waals surface area (Å²) in [5.41, 5.74) is 13.1. The maximum atomic E-state index is 5.24. The largest absolute Gasteiger partial charge is 0.309 e. The number of fused-ring (bicyclic) bond motifs is 9. The molecule has 5 heterocycles. The lowest BCUT2D eigenvalue weighted by Gasteiger charge is -2.12. The van der Waals surface area contributed by atoms with Crippen LogP contribution in [0.25, 0.3) is 120 Å². The number of hydrogen-bond acceptors (Lipinski definition) is 4. The average Bonchev–Trinajstić information content (AvgIpc) is 4.01. The molecule has 0 bridgehead atoms. The van der Waals surface area contributed by atoms with Crippen molar-refractivity contribution < 1.29 is 0 Å². The minimum atomic E-state index is 0.693. The van der Waals surface area contributed by atoms with Crippen LogP contribution < -0.4 is 0 Å². The Morgan fingerprint density at radius 3 is 1.73 bits per heavy atom. The molecule has 8 aromatic carbocycles. The molecule has 0 unspecified atom stereocenters. The molecule has 0 N–H and O–H groups in total. The van der Waals surface area contributed by atoms with Crippen molar-refractivity contribution in [2.24, 2.45) is 0 Å². The van der Waals surface area contributed by atoms with Crippen LogP contribution in [-0.2, 0) is 0 Å². The summed E-state index contributed by atoms with van der Waals surface area (Å²) in [4.78, 5) is 16.3. The van der Waals surface area contributed by atoms with Crippen LogP contribution in [0.3, 0.4) is 0 Å². The van der Waals surface area contributed by atoms with Crippen LogP contribution in [0.15, 0.2) is 212 Å². The summed E-state index contributed by atoms with van der Waals surface area (Å²) >= 11 is 1.75. The first-order valence-electron chi connectivity index (χ1n) is 21.2. The van der Waals surface area contributed by atoms with E-state index in [1.807, 2.05) is 30.5 Å². The highest BCUT2D eigenvalue weighted by Gasteiger charge is 2.19. The SMILES string of the molecule is c1ccc(-c2cc(-n3c4ccccc4c4cc(-c5ccc6c7ccccc7n(-c7ccc(-c8cnc9sc%10ccccc%10c9c8)cc7)c6c5)ccc43)nc(-c3ccccc3)n2)cc1. The molecule has 0 saturated heterocycles. The molecule has 0 fully saturated rings. The second-order valence-corrected chi connectivity index (χ2v) is 17.1. The van der Waals surface area contributed by atoms with Gasteiger partial charge >= 0.3 is 0 Å². The van der Waals surface area contributed by atoms with Crippen molar-refractivity contribution in [1.82, 2.24) is 24.1 Å². The summed E-state index contributed by atoms with van der Waals surface area (Å²) in [6.45, 7) is 0. The van der Waals surface area contributed by atoms with Crippen molar-refractivity contribution in [2.45, 2.75) is 0 Å². The number of aromatic nitrogens is 5. The molecular weight excluding hydrogens is 787 g/mol. The third-order valence-electron chi connectivity index (χ3n) is 12.4. The number of rotatable bonds is 6. The van der Waals surface area contributed by atoms with Crippen molar-refractivity contribution in [1.29, 1.82) is 0 Å². The van der Waals surface area contributed by atoms with Crippen LogP contribution in [0.1, 0.15) is 0 Å². The normalized spacial score (nSPS) is 11.8. The Morgan fingerprint density at radius 1 is 0.349 bits per heavy atom.